The van der Waals surface area contributed by atoms with Crippen molar-refractivity contribution in [2.75, 3.05) is 0 Å². The maximum absolute atomic E-state index is 12.2. The maximum atomic E-state index is 12.2. The molecule has 0 saturated heterocycles. The molecule has 0 saturated carbocycles. The lowest BCUT2D eigenvalue weighted by molar-refractivity contribution is 0.0929. The second kappa shape index (κ2) is 6.37. The Bertz CT molecular complexity index is 963. The van der Waals surface area contributed by atoms with Crippen LogP contribution >= 0.6 is 15.9 Å². The first-order chi connectivity index (χ1) is 11.5. The van der Waals surface area contributed by atoms with Gasteiger partial charge in [-0.15, -0.1) is 0 Å². The van der Waals surface area contributed by atoms with Crippen molar-refractivity contribution in [3.8, 4) is 11.5 Å². The minimum Gasteiger partial charge on any atom is -0.507 e. The number of nitrogens with one attached hydrogen (secondary N) is 1. The molecule has 0 bridgehead atoms. The number of amides is 1. The summed E-state index contributed by atoms with van der Waals surface area (Å²) in [5, 5.41) is 24.0. The van der Waals surface area contributed by atoms with Gasteiger partial charge in [-0.05, 0) is 37.3 Å². The Morgan fingerprint density at radius 2 is 2.04 bits per heavy atom. The topological polar surface area (TPSA) is 95.1 Å². The van der Waals surface area contributed by atoms with E-state index >= 15 is 0 Å². The average Bonchev–Trinajstić information content (AvgIpc) is 2.88. The van der Waals surface area contributed by atoms with Crippen LogP contribution in [0.25, 0.3) is 11.0 Å². The number of carbonyl (C=O) groups is 1. The fourth-order valence-electron chi connectivity index (χ4n) is 2.34. The summed E-state index contributed by atoms with van der Waals surface area (Å²) in [7, 11) is 0. The van der Waals surface area contributed by atoms with Crippen LogP contribution in [0.3, 0.4) is 0 Å². The summed E-state index contributed by atoms with van der Waals surface area (Å²) in [6.45, 7) is 1.69. The van der Waals surface area contributed by atoms with Gasteiger partial charge in [0.15, 0.2) is 5.76 Å². The van der Waals surface area contributed by atoms with E-state index in [9.17, 15) is 15.0 Å². The van der Waals surface area contributed by atoms with Gasteiger partial charge in [-0.3, -0.25) is 4.79 Å². The van der Waals surface area contributed by atoms with Gasteiger partial charge in [0.2, 0.25) is 0 Å². The Balaban J connectivity index is 1.82. The molecule has 122 valence electrons. The minimum absolute atomic E-state index is 0.0345. The Morgan fingerprint density at radius 1 is 1.25 bits per heavy atom. The number of phenolic OH excluding ortho intramolecular Hbond substituents is 2. The lowest BCUT2D eigenvalue weighted by Crippen LogP contribution is -2.17. The zero-order chi connectivity index (χ0) is 17.3. The molecule has 0 aliphatic heterocycles. The van der Waals surface area contributed by atoms with Crippen molar-refractivity contribution in [1.29, 1.82) is 0 Å². The number of halogens is 1. The van der Waals surface area contributed by atoms with E-state index in [2.05, 4.69) is 26.5 Å². The molecule has 24 heavy (non-hydrogen) atoms. The number of hydrogen-bond acceptors (Lipinski definition) is 5. The fourth-order valence-corrected chi connectivity index (χ4v) is 2.68. The number of rotatable bonds is 3. The van der Waals surface area contributed by atoms with Gasteiger partial charge in [0.05, 0.1) is 11.6 Å². The van der Waals surface area contributed by atoms with E-state index in [1.165, 1.54) is 18.3 Å². The lowest BCUT2D eigenvalue weighted by Gasteiger charge is -2.00. The summed E-state index contributed by atoms with van der Waals surface area (Å²) in [5.41, 5.74) is 3.75. The molecule has 3 rings (SSSR count). The number of hydrogen-bond donors (Lipinski definition) is 3. The van der Waals surface area contributed by atoms with Crippen molar-refractivity contribution < 1.29 is 19.4 Å². The van der Waals surface area contributed by atoms with Crippen molar-refractivity contribution in [2.45, 2.75) is 6.92 Å². The molecule has 1 aromatic heterocycles. The molecule has 1 amide bonds. The van der Waals surface area contributed by atoms with Crippen LogP contribution in [0.1, 0.15) is 21.7 Å². The SMILES string of the molecule is Cc1c(C(=O)N/N=C\c2ccc(Br)cc2O)oc2cccc(O)c12. The molecule has 0 spiro atoms. The van der Waals surface area contributed by atoms with Gasteiger partial charge in [0.25, 0.3) is 0 Å². The van der Waals surface area contributed by atoms with Gasteiger partial charge >= 0.3 is 5.91 Å². The molecule has 1 heterocycles. The molecule has 3 aromatic rings. The Kier molecular flexibility index (Phi) is 4.26. The second-order valence-corrected chi connectivity index (χ2v) is 6.02. The van der Waals surface area contributed by atoms with Crippen LogP contribution in [0.2, 0.25) is 0 Å². The van der Waals surface area contributed by atoms with Gasteiger partial charge in [0.1, 0.15) is 17.1 Å². The standard InChI is InChI=1S/C17H13BrN2O4/c1-9-15-12(21)3-2-4-14(15)24-16(9)17(23)20-19-8-10-5-6-11(18)7-13(10)22/h2-8,21-22H,1H3,(H,20,23)/b19-8-. The van der Waals surface area contributed by atoms with E-state index < -0.39 is 5.91 Å². The Labute approximate surface area is 145 Å². The number of hydrazone groups is 1. The van der Waals surface area contributed by atoms with Crippen LogP contribution in [0.15, 0.2) is 50.4 Å². The molecule has 0 radical (unpaired) electrons. The van der Waals surface area contributed by atoms with Gasteiger partial charge in [-0.1, -0.05) is 22.0 Å². The molecule has 0 atom stereocenters. The second-order valence-electron chi connectivity index (χ2n) is 5.11. The van der Waals surface area contributed by atoms with Crippen molar-refractivity contribution in [1.82, 2.24) is 5.43 Å². The Morgan fingerprint density at radius 3 is 2.75 bits per heavy atom. The highest BCUT2D eigenvalue weighted by atomic mass is 79.9. The molecule has 3 N–H and O–H groups in total. The molecule has 0 aliphatic carbocycles. The molecular weight excluding hydrogens is 376 g/mol. The zero-order valence-corrected chi connectivity index (χ0v) is 14.2. The zero-order valence-electron chi connectivity index (χ0n) is 12.6. The number of carbonyl (C=O) groups excluding carboxylic acids is 1. The third kappa shape index (κ3) is 2.98. The summed E-state index contributed by atoms with van der Waals surface area (Å²) in [6, 6.07) is 9.75. The summed E-state index contributed by atoms with van der Waals surface area (Å²) < 4.78 is 6.22. The van der Waals surface area contributed by atoms with E-state index in [0.29, 0.717) is 22.1 Å². The number of nitrogens with zero attached hydrogens (tertiary/aromatic N) is 1. The first-order valence-corrected chi connectivity index (χ1v) is 7.79. The van der Waals surface area contributed by atoms with E-state index in [4.69, 9.17) is 4.42 Å². The molecular formula is C17H13BrN2O4. The first-order valence-electron chi connectivity index (χ1n) is 7.00. The smallest absolute Gasteiger partial charge is 0.307 e. The number of aryl methyl sites for hydroxylation is 1. The normalized spacial score (nSPS) is 11.2. The van der Waals surface area contributed by atoms with Gasteiger partial charge in [0, 0.05) is 15.6 Å². The molecule has 0 unspecified atom stereocenters. The largest absolute Gasteiger partial charge is 0.507 e. The summed E-state index contributed by atoms with van der Waals surface area (Å²) in [6.07, 6.45) is 1.33. The van der Waals surface area contributed by atoms with Crippen molar-refractivity contribution in [2.24, 2.45) is 5.10 Å². The number of furan rings is 1. The third-order valence-electron chi connectivity index (χ3n) is 3.50. The van der Waals surface area contributed by atoms with E-state index in [1.807, 2.05) is 0 Å². The quantitative estimate of drug-likeness (QED) is 0.471. The molecule has 2 aromatic carbocycles. The maximum Gasteiger partial charge on any atom is 0.307 e. The number of phenols is 2. The van der Waals surface area contributed by atoms with Crippen LogP contribution in [-0.2, 0) is 0 Å². The summed E-state index contributed by atoms with van der Waals surface area (Å²) >= 11 is 3.24. The van der Waals surface area contributed by atoms with Crippen LogP contribution in [-0.4, -0.2) is 22.3 Å². The molecule has 6 nitrogen and oxygen atoms in total. The highest BCUT2D eigenvalue weighted by molar-refractivity contribution is 9.10. The van der Waals surface area contributed by atoms with Gasteiger partial charge < -0.3 is 14.6 Å². The van der Waals surface area contributed by atoms with Crippen molar-refractivity contribution >= 4 is 39.0 Å². The molecule has 7 heteroatoms. The minimum atomic E-state index is -0.545. The summed E-state index contributed by atoms with van der Waals surface area (Å²) in [4.78, 5) is 12.2. The van der Waals surface area contributed by atoms with Crippen LogP contribution in [0, 0.1) is 6.92 Å². The van der Waals surface area contributed by atoms with Gasteiger partial charge in [-0.2, -0.15) is 5.10 Å². The number of benzene rings is 2. The van der Waals surface area contributed by atoms with Crippen LogP contribution in [0.4, 0.5) is 0 Å². The summed E-state index contributed by atoms with van der Waals surface area (Å²) in [5.74, 6) is -0.386. The van der Waals surface area contributed by atoms with Crippen molar-refractivity contribution in [3.63, 3.8) is 0 Å². The van der Waals surface area contributed by atoms with Crippen LogP contribution < -0.4 is 5.43 Å². The third-order valence-corrected chi connectivity index (χ3v) is 3.99. The highest BCUT2D eigenvalue weighted by Crippen LogP contribution is 2.32. The fraction of sp³-hybridized carbons (Fsp3) is 0.0588. The lowest BCUT2D eigenvalue weighted by atomic mass is 10.1. The van der Waals surface area contributed by atoms with Crippen LogP contribution in [0.5, 0.6) is 11.5 Å². The molecule has 0 fully saturated rings. The van der Waals surface area contributed by atoms with E-state index in [0.717, 1.165) is 4.47 Å². The first kappa shape index (κ1) is 16.1. The monoisotopic (exact) mass is 388 g/mol. The van der Waals surface area contributed by atoms with Crippen molar-refractivity contribution in [3.05, 3.63) is 57.8 Å². The highest BCUT2D eigenvalue weighted by Gasteiger charge is 2.19. The van der Waals surface area contributed by atoms with E-state index in [-0.39, 0.29) is 17.3 Å². The predicted octanol–water partition coefficient (Wildman–Crippen LogP) is 3.68. The number of aromatic hydroxyl groups is 2. The van der Waals surface area contributed by atoms with Gasteiger partial charge in [-0.25, -0.2) is 5.43 Å². The Hall–Kier alpha value is -2.80. The number of fused-ring (bicyclic) bond motifs is 1. The predicted molar refractivity (Wildman–Crippen MR) is 93.5 cm³/mol. The molecule has 0 aliphatic rings. The van der Waals surface area contributed by atoms with E-state index in [1.54, 1.807) is 31.2 Å². The average molecular weight is 389 g/mol.